The Morgan fingerprint density at radius 1 is 1.59 bits per heavy atom. The monoisotopic (exact) mass is 230 g/mol. The fourth-order valence-corrected chi connectivity index (χ4v) is 2.34. The zero-order chi connectivity index (χ0) is 12.4. The van der Waals surface area contributed by atoms with E-state index >= 15 is 0 Å². The van der Waals surface area contributed by atoms with Crippen LogP contribution in [0.5, 0.6) is 0 Å². The Morgan fingerprint density at radius 2 is 2.35 bits per heavy atom. The van der Waals surface area contributed by atoms with E-state index in [0.29, 0.717) is 23.1 Å². The molecule has 1 aromatic heterocycles. The number of pyridine rings is 1. The molecule has 1 aliphatic rings. The van der Waals surface area contributed by atoms with Crippen molar-refractivity contribution in [3.8, 4) is 6.07 Å². The topological polar surface area (TPSA) is 65.9 Å². The highest BCUT2D eigenvalue weighted by Gasteiger charge is 2.27. The molecular weight excluding hydrogens is 212 g/mol. The van der Waals surface area contributed by atoms with Gasteiger partial charge >= 0.3 is 0 Å². The van der Waals surface area contributed by atoms with Crippen LogP contribution in [-0.2, 0) is 0 Å². The fourth-order valence-electron chi connectivity index (χ4n) is 2.34. The third-order valence-electron chi connectivity index (χ3n) is 3.56. The number of hydrogen-bond acceptors (Lipinski definition) is 4. The molecule has 90 valence electrons. The van der Waals surface area contributed by atoms with Crippen molar-refractivity contribution in [1.82, 2.24) is 4.98 Å². The average Bonchev–Trinajstić information content (AvgIpc) is 2.78. The summed E-state index contributed by atoms with van der Waals surface area (Å²) in [6.45, 7) is 6.46. The standard InChI is InChI=1S/C13H18N4/c1-9(2)11-4-6-17(8-11)13-12(15)10(7-14)3-5-16-13/h3,5,9,11H,4,6,8,15H2,1-2H3. The summed E-state index contributed by atoms with van der Waals surface area (Å²) < 4.78 is 0. The highest BCUT2D eigenvalue weighted by atomic mass is 15.2. The van der Waals surface area contributed by atoms with Crippen LogP contribution in [0.25, 0.3) is 0 Å². The number of nitrogen functional groups attached to an aromatic ring is 1. The zero-order valence-electron chi connectivity index (χ0n) is 10.3. The van der Waals surface area contributed by atoms with Gasteiger partial charge in [-0.2, -0.15) is 5.26 Å². The smallest absolute Gasteiger partial charge is 0.153 e. The van der Waals surface area contributed by atoms with Crippen LogP contribution >= 0.6 is 0 Å². The van der Waals surface area contributed by atoms with Crippen molar-refractivity contribution in [1.29, 1.82) is 5.26 Å². The van der Waals surface area contributed by atoms with Crippen LogP contribution in [0.3, 0.4) is 0 Å². The molecule has 0 spiro atoms. The summed E-state index contributed by atoms with van der Waals surface area (Å²) in [4.78, 5) is 6.51. The Morgan fingerprint density at radius 3 is 2.94 bits per heavy atom. The van der Waals surface area contributed by atoms with Crippen molar-refractivity contribution in [2.45, 2.75) is 20.3 Å². The molecule has 2 heterocycles. The first kappa shape index (κ1) is 11.7. The van der Waals surface area contributed by atoms with E-state index in [1.807, 2.05) is 0 Å². The van der Waals surface area contributed by atoms with Crippen LogP contribution < -0.4 is 10.6 Å². The molecule has 2 N–H and O–H groups in total. The molecule has 1 fully saturated rings. The van der Waals surface area contributed by atoms with Crippen LogP contribution in [0.1, 0.15) is 25.8 Å². The van der Waals surface area contributed by atoms with Crippen molar-refractivity contribution in [3.63, 3.8) is 0 Å². The van der Waals surface area contributed by atoms with E-state index < -0.39 is 0 Å². The molecule has 0 amide bonds. The predicted octanol–water partition coefficient (Wildman–Crippen LogP) is 2.02. The van der Waals surface area contributed by atoms with E-state index in [-0.39, 0.29) is 0 Å². The number of anilines is 2. The van der Waals surface area contributed by atoms with E-state index in [2.05, 4.69) is 29.8 Å². The highest BCUT2D eigenvalue weighted by Crippen LogP contribution is 2.31. The summed E-state index contributed by atoms with van der Waals surface area (Å²) in [6.07, 6.45) is 2.84. The van der Waals surface area contributed by atoms with Gasteiger partial charge in [-0.15, -0.1) is 0 Å². The Hall–Kier alpha value is -1.76. The lowest BCUT2D eigenvalue weighted by Crippen LogP contribution is -2.23. The van der Waals surface area contributed by atoms with E-state index in [0.717, 1.165) is 18.9 Å². The molecule has 1 atom stereocenters. The summed E-state index contributed by atoms with van der Waals surface area (Å²) in [5.74, 6) is 2.15. The molecule has 17 heavy (non-hydrogen) atoms. The van der Waals surface area contributed by atoms with Crippen molar-refractivity contribution in [3.05, 3.63) is 17.8 Å². The van der Waals surface area contributed by atoms with Gasteiger partial charge in [0.1, 0.15) is 6.07 Å². The number of hydrogen-bond donors (Lipinski definition) is 1. The minimum Gasteiger partial charge on any atom is -0.395 e. The minimum absolute atomic E-state index is 0.513. The SMILES string of the molecule is CC(C)C1CCN(c2nccc(C#N)c2N)C1. The first-order chi connectivity index (χ1) is 8.13. The number of nitrogens with two attached hydrogens (primary N) is 1. The summed E-state index contributed by atoms with van der Waals surface area (Å²) >= 11 is 0. The Balaban J connectivity index is 2.23. The van der Waals surface area contributed by atoms with E-state index in [1.165, 1.54) is 6.42 Å². The largest absolute Gasteiger partial charge is 0.395 e. The van der Waals surface area contributed by atoms with Crippen molar-refractivity contribution in [2.75, 3.05) is 23.7 Å². The quantitative estimate of drug-likeness (QED) is 0.844. The summed E-state index contributed by atoms with van der Waals surface area (Å²) in [5, 5.41) is 8.95. The lowest BCUT2D eigenvalue weighted by atomic mass is 9.95. The minimum atomic E-state index is 0.513. The van der Waals surface area contributed by atoms with Crippen LogP contribution in [0.4, 0.5) is 11.5 Å². The van der Waals surface area contributed by atoms with Crippen LogP contribution in [0.15, 0.2) is 12.3 Å². The molecule has 1 aromatic rings. The van der Waals surface area contributed by atoms with Gasteiger partial charge in [0.2, 0.25) is 0 Å². The lowest BCUT2D eigenvalue weighted by molar-refractivity contribution is 0.422. The lowest BCUT2D eigenvalue weighted by Gasteiger charge is -2.20. The first-order valence-electron chi connectivity index (χ1n) is 6.03. The molecule has 4 heteroatoms. The molecule has 4 nitrogen and oxygen atoms in total. The number of nitrogens with zero attached hydrogens (tertiary/aromatic N) is 3. The maximum Gasteiger partial charge on any atom is 0.153 e. The third kappa shape index (κ3) is 2.19. The molecule has 1 saturated heterocycles. The fraction of sp³-hybridized carbons (Fsp3) is 0.538. The maximum absolute atomic E-state index is 8.95. The normalized spacial score (nSPS) is 19.6. The molecule has 0 aliphatic carbocycles. The Bertz CT molecular complexity index is 447. The summed E-state index contributed by atoms with van der Waals surface area (Å²) in [5.41, 5.74) is 7.00. The van der Waals surface area contributed by atoms with Crippen LogP contribution in [0, 0.1) is 23.2 Å². The number of rotatable bonds is 2. The van der Waals surface area contributed by atoms with Gasteiger partial charge in [-0.25, -0.2) is 4.98 Å². The van der Waals surface area contributed by atoms with Gasteiger partial charge in [-0.3, -0.25) is 0 Å². The van der Waals surface area contributed by atoms with Gasteiger partial charge in [-0.1, -0.05) is 13.8 Å². The molecule has 2 rings (SSSR count). The second-order valence-electron chi connectivity index (χ2n) is 4.95. The van der Waals surface area contributed by atoms with E-state index in [4.69, 9.17) is 11.0 Å². The average molecular weight is 230 g/mol. The number of nitriles is 1. The van der Waals surface area contributed by atoms with Crippen molar-refractivity contribution >= 4 is 11.5 Å². The molecule has 0 aromatic carbocycles. The second-order valence-corrected chi connectivity index (χ2v) is 4.95. The van der Waals surface area contributed by atoms with Gasteiger partial charge < -0.3 is 10.6 Å². The molecular formula is C13H18N4. The van der Waals surface area contributed by atoms with Crippen LogP contribution in [-0.4, -0.2) is 18.1 Å². The second kappa shape index (κ2) is 4.62. The maximum atomic E-state index is 8.95. The number of aromatic nitrogens is 1. The van der Waals surface area contributed by atoms with Gasteiger partial charge in [0.15, 0.2) is 5.82 Å². The Kier molecular flexibility index (Phi) is 3.19. The molecule has 1 unspecified atom stereocenters. The molecule has 0 bridgehead atoms. The van der Waals surface area contributed by atoms with E-state index in [1.54, 1.807) is 12.3 Å². The van der Waals surface area contributed by atoms with Gasteiger partial charge in [0, 0.05) is 19.3 Å². The molecule has 0 saturated carbocycles. The van der Waals surface area contributed by atoms with Crippen molar-refractivity contribution in [2.24, 2.45) is 11.8 Å². The summed E-state index contributed by atoms with van der Waals surface area (Å²) in [7, 11) is 0. The Labute approximate surface area is 102 Å². The third-order valence-corrected chi connectivity index (χ3v) is 3.56. The summed E-state index contributed by atoms with van der Waals surface area (Å²) in [6, 6.07) is 3.76. The van der Waals surface area contributed by atoms with Gasteiger partial charge in [0.25, 0.3) is 0 Å². The molecule has 0 radical (unpaired) electrons. The first-order valence-corrected chi connectivity index (χ1v) is 6.03. The van der Waals surface area contributed by atoms with Gasteiger partial charge in [0.05, 0.1) is 11.3 Å². The predicted molar refractivity (Wildman–Crippen MR) is 68.5 cm³/mol. The highest BCUT2D eigenvalue weighted by molar-refractivity contribution is 5.70. The van der Waals surface area contributed by atoms with Crippen LogP contribution in [0.2, 0.25) is 0 Å². The molecule has 1 aliphatic heterocycles. The van der Waals surface area contributed by atoms with E-state index in [9.17, 15) is 0 Å². The zero-order valence-corrected chi connectivity index (χ0v) is 10.3. The van der Waals surface area contributed by atoms with Crippen molar-refractivity contribution < 1.29 is 0 Å². The van der Waals surface area contributed by atoms with Gasteiger partial charge in [-0.05, 0) is 24.3 Å².